The first kappa shape index (κ1) is 18.2. The van der Waals surface area contributed by atoms with E-state index in [1.807, 2.05) is 36.4 Å². The molecule has 0 aliphatic heterocycles. The van der Waals surface area contributed by atoms with Gasteiger partial charge in [0.1, 0.15) is 11.4 Å². The molecule has 5 aromatic rings. The monoisotopic (exact) mass is 406 g/mol. The maximum atomic E-state index is 13.4. The van der Waals surface area contributed by atoms with Crippen molar-refractivity contribution in [3.63, 3.8) is 0 Å². The predicted octanol–water partition coefficient (Wildman–Crippen LogP) is 6.85. The zero-order valence-corrected chi connectivity index (χ0v) is 15.4. The first-order valence-corrected chi connectivity index (χ1v) is 9.08. The molecule has 4 nitrogen and oxygen atoms in total. The molecule has 0 unspecified atom stereocenters. The summed E-state index contributed by atoms with van der Waals surface area (Å²) < 4.78 is 51.3. The number of ether oxygens (including phenoxy) is 1. The highest BCUT2D eigenvalue weighted by molar-refractivity contribution is 6.05. The minimum absolute atomic E-state index is 0.0113. The lowest BCUT2D eigenvalue weighted by molar-refractivity contribution is -0.138. The molecule has 3 aromatic carbocycles. The lowest BCUT2D eigenvalue weighted by Gasteiger charge is -2.14. The van der Waals surface area contributed by atoms with Gasteiger partial charge in [-0.05, 0) is 47.2 Å². The highest BCUT2D eigenvalue weighted by Gasteiger charge is 2.34. The molecule has 5 rings (SSSR count). The molecule has 0 aliphatic carbocycles. The third-order valence-electron chi connectivity index (χ3n) is 4.77. The Morgan fingerprint density at radius 3 is 2.17 bits per heavy atom. The van der Waals surface area contributed by atoms with Crippen LogP contribution >= 0.6 is 0 Å². The van der Waals surface area contributed by atoms with Gasteiger partial charge in [0, 0.05) is 10.8 Å². The zero-order chi connectivity index (χ0) is 20.7. The molecule has 2 heterocycles. The fourth-order valence-electron chi connectivity index (χ4n) is 3.38. The van der Waals surface area contributed by atoms with Gasteiger partial charge >= 0.3 is 6.18 Å². The van der Waals surface area contributed by atoms with Crippen molar-refractivity contribution in [1.82, 2.24) is 10.2 Å². The Morgan fingerprint density at radius 2 is 1.47 bits per heavy atom. The van der Waals surface area contributed by atoms with E-state index in [-0.39, 0.29) is 11.6 Å². The average Bonchev–Trinajstić information content (AvgIpc) is 3.27. The van der Waals surface area contributed by atoms with Crippen LogP contribution in [0.4, 0.5) is 13.2 Å². The molecule has 0 bridgehead atoms. The van der Waals surface area contributed by atoms with E-state index < -0.39 is 11.7 Å². The highest BCUT2D eigenvalue weighted by Crippen LogP contribution is 2.40. The molecule has 30 heavy (non-hydrogen) atoms. The Kier molecular flexibility index (Phi) is 4.17. The van der Waals surface area contributed by atoms with Crippen LogP contribution in [0.5, 0.6) is 11.6 Å². The van der Waals surface area contributed by atoms with Crippen LogP contribution in [-0.2, 0) is 6.18 Å². The molecule has 0 amide bonds. The molecule has 7 heteroatoms. The second-order valence-electron chi connectivity index (χ2n) is 6.67. The number of nitrogens with zero attached hydrogens (tertiary/aromatic N) is 2. The van der Waals surface area contributed by atoms with Crippen molar-refractivity contribution in [3.8, 4) is 23.1 Å². The van der Waals surface area contributed by atoms with Crippen LogP contribution in [0, 0.1) is 0 Å². The Hall–Kier alpha value is -3.87. The average molecular weight is 406 g/mol. The summed E-state index contributed by atoms with van der Waals surface area (Å²) in [7, 11) is 0. The van der Waals surface area contributed by atoms with Crippen LogP contribution in [0.25, 0.3) is 33.0 Å². The molecular weight excluding hydrogens is 393 g/mol. The molecule has 0 fully saturated rings. The molecule has 2 aromatic heterocycles. The molecule has 148 valence electrons. The topological polar surface area (TPSA) is 48.2 Å². The van der Waals surface area contributed by atoms with Crippen molar-refractivity contribution >= 4 is 21.5 Å². The van der Waals surface area contributed by atoms with Gasteiger partial charge in [-0.1, -0.05) is 36.4 Å². The second kappa shape index (κ2) is 6.88. The van der Waals surface area contributed by atoms with Crippen LogP contribution < -0.4 is 4.74 Å². The van der Waals surface area contributed by atoms with Crippen molar-refractivity contribution in [2.45, 2.75) is 6.18 Å². The number of hydrogen-bond donors (Lipinski definition) is 0. The number of hydrogen-bond acceptors (Lipinski definition) is 4. The summed E-state index contributed by atoms with van der Waals surface area (Å²) in [6, 6.07) is 19.9. The van der Waals surface area contributed by atoms with Crippen molar-refractivity contribution in [2.24, 2.45) is 0 Å². The van der Waals surface area contributed by atoms with E-state index in [0.717, 1.165) is 16.8 Å². The molecule has 0 saturated carbocycles. The van der Waals surface area contributed by atoms with Crippen molar-refractivity contribution < 1.29 is 22.3 Å². The molecule has 0 atom stereocenters. The van der Waals surface area contributed by atoms with Crippen LogP contribution in [0.2, 0.25) is 0 Å². The van der Waals surface area contributed by atoms with Crippen LogP contribution in [-0.4, -0.2) is 10.2 Å². The first-order valence-electron chi connectivity index (χ1n) is 9.08. The first-order chi connectivity index (χ1) is 14.5. The lowest BCUT2D eigenvalue weighted by Crippen LogP contribution is -2.07. The fourth-order valence-corrected chi connectivity index (χ4v) is 3.38. The van der Waals surface area contributed by atoms with E-state index in [0.29, 0.717) is 22.2 Å². The van der Waals surface area contributed by atoms with Gasteiger partial charge in [-0.2, -0.15) is 13.2 Å². The maximum absolute atomic E-state index is 13.4. The zero-order valence-electron chi connectivity index (χ0n) is 15.4. The third kappa shape index (κ3) is 3.14. The van der Waals surface area contributed by atoms with E-state index in [9.17, 15) is 13.2 Å². The number of para-hydroxylation sites is 1. The Labute approximate surface area is 168 Å². The quantitative estimate of drug-likeness (QED) is 0.307. The molecule has 0 saturated heterocycles. The molecular formula is C23H13F3N2O2. The minimum atomic E-state index is -4.55. The fraction of sp³-hybridized carbons (Fsp3) is 0.0435. The Morgan fingerprint density at radius 1 is 0.767 bits per heavy atom. The standard InChI is InChI=1S/C23H13F3N2O2/c24-23(25,26)18-8-3-4-9-19(18)30-22-17-13-15-7-2-1-6-14(15)12-16(17)21(27-28-22)20-10-5-11-29-20/h1-13H. The summed E-state index contributed by atoms with van der Waals surface area (Å²) in [5.74, 6) is 0.160. The van der Waals surface area contributed by atoms with E-state index >= 15 is 0 Å². The van der Waals surface area contributed by atoms with Crippen LogP contribution in [0.3, 0.4) is 0 Å². The number of fused-ring (bicyclic) bond motifs is 2. The summed E-state index contributed by atoms with van der Waals surface area (Å²) in [4.78, 5) is 0. The number of furan rings is 1. The largest absolute Gasteiger partial charge is 0.463 e. The minimum Gasteiger partial charge on any atom is -0.463 e. The van der Waals surface area contributed by atoms with Gasteiger partial charge in [0.2, 0.25) is 5.88 Å². The summed E-state index contributed by atoms with van der Waals surface area (Å²) in [5.41, 5.74) is -0.395. The molecule has 0 spiro atoms. The van der Waals surface area contributed by atoms with Crippen molar-refractivity contribution in [2.75, 3.05) is 0 Å². The van der Waals surface area contributed by atoms with E-state index in [1.54, 1.807) is 12.1 Å². The lowest BCUT2D eigenvalue weighted by atomic mass is 10.0. The van der Waals surface area contributed by atoms with Gasteiger partial charge in [0.25, 0.3) is 0 Å². The van der Waals surface area contributed by atoms with Gasteiger partial charge in [0.15, 0.2) is 5.76 Å². The number of rotatable bonds is 3. The number of halogens is 3. The van der Waals surface area contributed by atoms with Gasteiger partial charge in [-0.25, -0.2) is 0 Å². The highest BCUT2D eigenvalue weighted by atomic mass is 19.4. The molecule has 0 N–H and O–H groups in total. The molecule has 0 aliphatic rings. The Balaban J connectivity index is 1.74. The van der Waals surface area contributed by atoms with Crippen LogP contribution in [0.1, 0.15) is 5.56 Å². The van der Waals surface area contributed by atoms with Crippen molar-refractivity contribution in [1.29, 1.82) is 0 Å². The van der Waals surface area contributed by atoms with E-state index in [1.165, 1.54) is 24.5 Å². The van der Waals surface area contributed by atoms with Crippen LogP contribution in [0.15, 0.2) is 83.5 Å². The maximum Gasteiger partial charge on any atom is 0.419 e. The predicted molar refractivity (Wildman–Crippen MR) is 106 cm³/mol. The summed E-state index contributed by atoms with van der Waals surface area (Å²) >= 11 is 0. The summed E-state index contributed by atoms with van der Waals surface area (Å²) in [5, 5.41) is 11.3. The van der Waals surface area contributed by atoms with Gasteiger partial charge in [0.05, 0.1) is 11.8 Å². The Bertz CT molecular complexity index is 1360. The van der Waals surface area contributed by atoms with Gasteiger partial charge in [-0.15, -0.1) is 10.2 Å². The van der Waals surface area contributed by atoms with E-state index in [2.05, 4.69) is 10.2 Å². The SMILES string of the molecule is FC(F)(F)c1ccccc1Oc1nnc(-c2ccco2)c2cc3ccccc3cc12. The summed E-state index contributed by atoms with van der Waals surface area (Å²) in [6.45, 7) is 0. The van der Waals surface area contributed by atoms with Crippen molar-refractivity contribution in [3.05, 3.63) is 84.6 Å². The normalized spacial score (nSPS) is 11.8. The summed E-state index contributed by atoms with van der Waals surface area (Å²) in [6.07, 6.45) is -3.03. The third-order valence-corrected chi connectivity index (χ3v) is 4.77. The second-order valence-corrected chi connectivity index (χ2v) is 6.67. The van der Waals surface area contributed by atoms with E-state index in [4.69, 9.17) is 9.15 Å². The number of aromatic nitrogens is 2. The number of alkyl halides is 3. The smallest absolute Gasteiger partial charge is 0.419 e. The van der Waals surface area contributed by atoms with Gasteiger partial charge in [-0.3, -0.25) is 0 Å². The number of benzene rings is 3. The molecule has 0 radical (unpaired) electrons. The van der Waals surface area contributed by atoms with Gasteiger partial charge < -0.3 is 9.15 Å².